The molecule has 10 heteroatoms. The van der Waals surface area contributed by atoms with E-state index in [0.29, 0.717) is 11.4 Å². The first-order valence-electron chi connectivity index (χ1n) is 9.25. The molecule has 0 aliphatic heterocycles. The highest BCUT2D eigenvalue weighted by Crippen LogP contribution is 2.22. The zero-order chi connectivity index (χ0) is 22.5. The highest BCUT2D eigenvalue weighted by Gasteiger charge is 2.18. The van der Waals surface area contributed by atoms with Crippen LogP contribution in [0.4, 0.5) is 15.8 Å². The third-order valence-corrected chi connectivity index (χ3v) is 5.74. The van der Waals surface area contributed by atoms with Gasteiger partial charge in [0, 0.05) is 7.05 Å². The van der Waals surface area contributed by atoms with Gasteiger partial charge in [-0.25, -0.2) is 9.07 Å². The molecule has 0 atom stereocenters. The zero-order valence-electron chi connectivity index (χ0n) is 16.8. The minimum atomic E-state index is -0.713. The maximum atomic E-state index is 13.8. The molecule has 3 rings (SSSR count). The third kappa shape index (κ3) is 5.18. The fourth-order valence-electron chi connectivity index (χ4n) is 2.91. The summed E-state index contributed by atoms with van der Waals surface area (Å²) < 4.78 is 17.0. The molecule has 2 aromatic carbocycles. The highest BCUT2D eigenvalue weighted by molar-refractivity contribution is 8.00. The number of benzene rings is 2. The van der Waals surface area contributed by atoms with Crippen LogP contribution in [0.5, 0.6) is 0 Å². The van der Waals surface area contributed by atoms with Gasteiger partial charge in [0.15, 0.2) is 5.82 Å². The fraction of sp³-hybridized carbons (Fsp3) is 0.190. The van der Waals surface area contributed by atoms with Gasteiger partial charge < -0.3 is 10.6 Å². The molecule has 0 aliphatic carbocycles. The number of nitrogens with one attached hydrogen (secondary N) is 2. The number of hydrogen-bond donors (Lipinski definition) is 2. The number of hydrogen-bond acceptors (Lipinski definition) is 4. The standard InChI is InChI=1S/C21H20ClFN4O3S/c1-13-20(21(30)27(26(13)2)14-7-4-3-5-8-14)25-18(29)12-31-11-17(28)24-16-10-6-9-15(22)19(16)23/h3-10H,11-12H2,1-2H3,(H,24,28)(H,25,29). The predicted molar refractivity (Wildman–Crippen MR) is 122 cm³/mol. The van der Waals surface area contributed by atoms with Crippen LogP contribution >= 0.6 is 23.4 Å². The normalized spacial score (nSPS) is 10.7. The lowest BCUT2D eigenvalue weighted by Gasteiger charge is -2.07. The van der Waals surface area contributed by atoms with E-state index < -0.39 is 17.6 Å². The lowest BCUT2D eigenvalue weighted by Crippen LogP contribution is -2.24. The van der Waals surface area contributed by atoms with Gasteiger partial charge in [0.1, 0.15) is 5.69 Å². The molecule has 0 spiro atoms. The topological polar surface area (TPSA) is 85.1 Å². The summed E-state index contributed by atoms with van der Waals surface area (Å²) in [5.74, 6) is -1.72. The second kappa shape index (κ2) is 9.84. The van der Waals surface area contributed by atoms with E-state index >= 15 is 0 Å². The Morgan fingerprint density at radius 1 is 1.03 bits per heavy atom. The Kier molecular flexibility index (Phi) is 7.19. The predicted octanol–water partition coefficient (Wildman–Crippen LogP) is 3.59. The van der Waals surface area contributed by atoms with Gasteiger partial charge in [-0.1, -0.05) is 35.9 Å². The first-order chi connectivity index (χ1) is 14.8. The van der Waals surface area contributed by atoms with Gasteiger partial charge in [-0.2, -0.15) is 0 Å². The van der Waals surface area contributed by atoms with Gasteiger partial charge >= 0.3 is 0 Å². The number of thioether (sulfide) groups is 1. The monoisotopic (exact) mass is 462 g/mol. The molecule has 162 valence electrons. The SMILES string of the molecule is Cc1c(NC(=O)CSCC(=O)Nc2cccc(Cl)c2F)c(=O)n(-c2ccccc2)n1C. The van der Waals surface area contributed by atoms with Gasteiger partial charge in [0.2, 0.25) is 11.8 Å². The average molecular weight is 463 g/mol. The Morgan fingerprint density at radius 3 is 2.35 bits per heavy atom. The van der Waals surface area contributed by atoms with Crippen molar-refractivity contribution < 1.29 is 14.0 Å². The van der Waals surface area contributed by atoms with Gasteiger partial charge in [0.25, 0.3) is 5.56 Å². The molecule has 0 saturated heterocycles. The number of anilines is 2. The van der Waals surface area contributed by atoms with Gasteiger partial charge in [-0.05, 0) is 31.2 Å². The van der Waals surface area contributed by atoms with Crippen molar-refractivity contribution in [2.45, 2.75) is 6.92 Å². The lowest BCUT2D eigenvalue weighted by molar-refractivity contribution is -0.114. The molecule has 0 fully saturated rings. The van der Waals surface area contributed by atoms with Crippen molar-refractivity contribution >= 4 is 46.6 Å². The quantitative estimate of drug-likeness (QED) is 0.562. The van der Waals surface area contributed by atoms with E-state index in [4.69, 9.17) is 11.6 Å². The number of amides is 2. The summed E-state index contributed by atoms with van der Waals surface area (Å²) in [5, 5.41) is 4.95. The van der Waals surface area contributed by atoms with E-state index in [1.165, 1.54) is 22.9 Å². The molecule has 1 heterocycles. The molecule has 0 bridgehead atoms. The molecule has 7 nitrogen and oxygen atoms in total. The molecule has 3 aromatic rings. The first-order valence-corrected chi connectivity index (χ1v) is 10.8. The van der Waals surface area contributed by atoms with E-state index in [2.05, 4.69) is 10.6 Å². The molecule has 1 aromatic heterocycles. The number of carbonyl (C=O) groups excluding carboxylic acids is 2. The van der Waals surface area contributed by atoms with E-state index in [1.54, 1.807) is 30.8 Å². The van der Waals surface area contributed by atoms with Crippen LogP contribution in [0.2, 0.25) is 5.02 Å². The minimum absolute atomic E-state index is 0.0241. The Hall–Kier alpha value is -3.04. The Bertz CT molecular complexity index is 1180. The zero-order valence-corrected chi connectivity index (χ0v) is 18.4. The first kappa shape index (κ1) is 22.6. The van der Waals surface area contributed by atoms with Crippen LogP contribution < -0.4 is 16.2 Å². The van der Waals surface area contributed by atoms with Crippen LogP contribution in [0.15, 0.2) is 53.3 Å². The van der Waals surface area contributed by atoms with E-state index in [1.807, 2.05) is 18.2 Å². The van der Waals surface area contributed by atoms with Crippen molar-refractivity contribution in [1.82, 2.24) is 9.36 Å². The third-order valence-electron chi connectivity index (χ3n) is 4.51. The number of para-hydroxylation sites is 1. The fourth-order valence-corrected chi connectivity index (χ4v) is 3.70. The maximum absolute atomic E-state index is 13.8. The molecule has 2 N–H and O–H groups in total. The molecule has 0 radical (unpaired) electrons. The van der Waals surface area contributed by atoms with Crippen LogP contribution in [-0.2, 0) is 16.6 Å². The van der Waals surface area contributed by atoms with Crippen molar-refractivity contribution in [3.05, 3.63) is 75.4 Å². The van der Waals surface area contributed by atoms with Crippen LogP contribution in [0, 0.1) is 12.7 Å². The van der Waals surface area contributed by atoms with Crippen molar-refractivity contribution in [2.75, 3.05) is 22.1 Å². The largest absolute Gasteiger partial charge is 0.323 e. The Balaban J connectivity index is 1.59. The molecule has 2 amide bonds. The highest BCUT2D eigenvalue weighted by atomic mass is 35.5. The smallest absolute Gasteiger partial charge is 0.295 e. The number of rotatable bonds is 7. The van der Waals surface area contributed by atoms with Crippen LogP contribution in [0.3, 0.4) is 0 Å². The Labute approximate surface area is 187 Å². The summed E-state index contributed by atoms with van der Waals surface area (Å²) in [6.07, 6.45) is 0. The molecule has 0 saturated carbocycles. The second-order valence-corrected chi connectivity index (χ2v) is 8.02. The van der Waals surface area contributed by atoms with Gasteiger partial charge in [-0.15, -0.1) is 11.8 Å². The summed E-state index contributed by atoms with van der Waals surface area (Å²) in [7, 11) is 1.73. The summed E-state index contributed by atoms with van der Waals surface area (Å²) in [6.45, 7) is 1.73. The Morgan fingerprint density at radius 2 is 1.68 bits per heavy atom. The van der Waals surface area contributed by atoms with Crippen molar-refractivity contribution in [3.63, 3.8) is 0 Å². The number of halogens is 2. The summed E-state index contributed by atoms with van der Waals surface area (Å²) in [4.78, 5) is 37.1. The van der Waals surface area contributed by atoms with E-state index in [9.17, 15) is 18.8 Å². The molecular weight excluding hydrogens is 443 g/mol. The van der Waals surface area contributed by atoms with Crippen molar-refractivity contribution in [2.24, 2.45) is 7.05 Å². The average Bonchev–Trinajstić information content (AvgIpc) is 2.95. The number of carbonyl (C=O) groups is 2. The minimum Gasteiger partial charge on any atom is -0.323 e. The van der Waals surface area contributed by atoms with Crippen molar-refractivity contribution in [3.8, 4) is 5.69 Å². The number of nitrogens with zero attached hydrogens (tertiary/aromatic N) is 2. The molecule has 0 aliphatic rings. The van der Waals surface area contributed by atoms with Crippen LogP contribution in [0.1, 0.15) is 5.69 Å². The van der Waals surface area contributed by atoms with Crippen molar-refractivity contribution in [1.29, 1.82) is 0 Å². The van der Waals surface area contributed by atoms with Crippen LogP contribution in [0.25, 0.3) is 5.69 Å². The van der Waals surface area contributed by atoms with Gasteiger partial charge in [0.05, 0.1) is 33.6 Å². The van der Waals surface area contributed by atoms with E-state index in [-0.39, 0.29) is 33.5 Å². The van der Waals surface area contributed by atoms with E-state index in [0.717, 1.165) is 11.8 Å². The second-order valence-electron chi connectivity index (χ2n) is 6.63. The summed E-state index contributed by atoms with van der Waals surface area (Å²) in [5.41, 5.74) is 1.09. The summed E-state index contributed by atoms with van der Waals surface area (Å²) in [6, 6.07) is 13.4. The number of aromatic nitrogens is 2. The van der Waals surface area contributed by atoms with Crippen LogP contribution in [-0.4, -0.2) is 32.7 Å². The summed E-state index contributed by atoms with van der Waals surface area (Å²) >= 11 is 6.73. The molecular formula is C21H20ClFN4O3S. The molecule has 31 heavy (non-hydrogen) atoms. The lowest BCUT2D eigenvalue weighted by atomic mass is 10.3. The maximum Gasteiger partial charge on any atom is 0.295 e. The van der Waals surface area contributed by atoms with Gasteiger partial charge in [-0.3, -0.25) is 19.1 Å². The molecule has 0 unspecified atom stereocenters.